The molecule has 2 N–H and O–H groups in total. The van der Waals surface area contributed by atoms with Crippen LogP contribution in [0.1, 0.15) is 22.0 Å². The Labute approximate surface area is 98.7 Å². The molecule has 1 atom stereocenters. The van der Waals surface area contributed by atoms with E-state index in [4.69, 9.17) is 5.73 Å². The summed E-state index contributed by atoms with van der Waals surface area (Å²) in [6.07, 6.45) is 0.752. The van der Waals surface area contributed by atoms with E-state index in [0.717, 1.165) is 12.0 Å². The van der Waals surface area contributed by atoms with Crippen molar-refractivity contribution < 1.29 is 4.39 Å². The van der Waals surface area contributed by atoms with Gasteiger partial charge in [-0.25, -0.2) is 4.39 Å². The Bertz CT molecular complexity index is 461. The molecule has 1 aromatic carbocycles. The first kappa shape index (κ1) is 11.3. The fourth-order valence-corrected chi connectivity index (χ4v) is 2.66. The van der Waals surface area contributed by atoms with E-state index in [9.17, 15) is 4.39 Å². The van der Waals surface area contributed by atoms with Crippen molar-refractivity contribution >= 4 is 11.3 Å². The van der Waals surface area contributed by atoms with Gasteiger partial charge >= 0.3 is 0 Å². The molecular weight excluding hydrogens is 221 g/mol. The molecule has 0 saturated heterocycles. The average molecular weight is 235 g/mol. The largest absolute Gasteiger partial charge is 0.323 e. The number of hydrogen-bond acceptors (Lipinski definition) is 2. The Balaban J connectivity index is 2.10. The van der Waals surface area contributed by atoms with Crippen molar-refractivity contribution in [2.45, 2.75) is 19.4 Å². The summed E-state index contributed by atoms with van der Waals surface area (Å²) in [4.78, 5) is 1.21. The molecule has 2 rings (SSSR count). The van der Waals surface area contributed by atoms with Gasteiger partial charge in [-0.1, -0.05) is 12.1 Å². The van der Waals surface area contributed by atoms with Crippen molar-refractivity contribution in [2.75, 3.05) is 0 Å². The maximum atomic E-state index is 12.7. The molecule has 1 heterocycles. The summed E-state index contributed by atoms with van der Waals surface area (Å²) in [6, 6.07) is 8.61. The van der Waals surface area contributed by atoms with Gasteiger partial charge in [-0.05, 0) is 48.1 Å². The molecule has 0 aliphatic heterocycles. The molecule has 1 unspecified atom stereocenters. The minimum Gasteiger partial charge on any atom is -0.323 e. The van der Waals surface area contributed by atoms with E-state index < -0.39 is 0 Å². The van der Waals surface area contributed by atoms with E-state index in [-0.39, 0.29) is 11.9 Å². The molecule has 0 bridgehead atoms. The SMILES string of the molecule is Cc1ccsc1C(N)Cc1ccc(F)cc1. The highest BCUT2D eigenvalue weighted by atomic mass is 32.1. The first-order valence-corrected chi connectivity index (χ1v) is 6.09. The van der Waals surface area contributed by atoms with Crippen LogP contribution in [0.15, 0.2) is 35.7 Å². The van der Waals surface area contributed by atoms with Gasteiger partial charge in [0.15, 0.2) is 0 Å². The zero-order valence-electron chi connectivity index (χ0n) is 9.11. The smallest absolute Gasteiger partial charge is 0.123 e. The van der Waals surface area contributed by atoms with Crippen molar-refractivity contribution in [2.24, 2.45) is 5.73 Å². The first-order chi connectivity index (χ1) is 7.66. The van der Waals surface area contributed by atoms with Crippen molar-refractivity contribution in [3.05, 3.63) is 57.5 Å². The molecule has 16 heavy (non-hydrogen) atoms. The van der Waals surface area contributed by atoms with E-state index in [0.29, 0.717) is 0 Å². The van der Waals surface area contributed by atoms with Crippen LogP contribution in [0.5, 0.6) is 0 Å². The quantitative estimate of drug-likeness (QED) is 0.866. The number of thiophene rings is 1. The lowest BCUT2D eigenvalue weighted by Gasteiger charge is -2.11. The lowest BCUT2D eigenvalue weighted by atomic mass is 10.0. The number of aryl methyl sites for hydroxylation is 1. The summed E-state index contributed by atoms with van der Waals surface area (Å²) >= 11 is 1.68. The van der Waals surface area contributed by atoms with Crippen molar-refractivity contribution in [1.29, 1.82) is 0 Å². The van der Waals surface area contributed by atoms with Crippen LogP contribution in [-0.4, -0.2) is 0 Å². The summed E-state index contributed by atoms with van der Waals surface area (Å²) < 4.78 is 12.7. The van der Waals surface area contributed by atoms with Crippen LogP contribution < -0.4 is 5.73 Å². The molecule has 0 radical (unpaired) electrons. The van der Waals surface area contributed by atoms with Gasteiger partial charge in [-0.15, -0.1) is 11.3 Å². The third-order valence-electron chi connectivity index (χ3n) is 2.61. The van der Waals surface area contributed by atoms with Crippen LogP contribution in [-0.2, 0) is 6.42 Å². The van der Waals surface area contributed by atoms with Crippen LogP contribution in [0.3, 0.4) is 0 Å². The van der Waals surface area contributed by atoms with Crippen molar-refractivity contribution in [1.82, 2.24) is 0 Å². The third-order valence-corrected chi connectivity index (χ3v) is 3.76. The third kappa shape index (κ3) is 2.49. The Hall–Kier alpha value is -1.19. The van der Waals surface area contributed by atoms with E-state index in [1.807, 2.05) is 0 Å². The monoisotopic (exact) mass is 235 g/mol. The summed E-state index contributed by atoms with van der Waals surface area (Å²) in [5.74, 6) is -0.204. The van der Waals surface area contributed by atoms with Gasteiger partial charge in [0.25, 0.3) is 0 Å². The standard InChI is InChI=1S/C13H14FNS/c1-9-6-7-16-13(9)12(15)8-10-2-4-11(14)5-3-10/h2-7,12H,8,15H2,1H3. The lowest BCUT2D eigenvalue weighted by molar-refractivity contribution is 0.625. The number of nitrogens with two attached hydrogens (primary N) is 1. The topological polar surface area (TPSA) is 26.0 Å². The van der Waals surface area contributed by atoms with E-state index in [1.54, 1.807) is 23.5 Å². The molecule has 2 aromatic rings. The lowest BCUT2D eigenvalue weighted by Crippen LogP contribution is -2.12. The van der Waals surface area contributed by atoms with Gasteiger partial charge in [-0.3, -0.25) is 0 Å². The second-order valence-electron chi connectivity index (χ2n) is 3.90. The predicted molar refractivity (Wildman–Crippen MR) is 66.1 cm³/mol. The summed E-state index contributed by atoms with van der Waals surface area (Å²) in [7, 11) is 0. The molecule has 1 aromatic heterocycles. The van der Waals surface area contributed by atoms with Gasteiger partial charge in [0, 0.05) is 10.9 Å². The Morgan fingerprint density at radius 2 is 1.94 bits per heavy atom. The average Bonchev–Trinajstić information content (AvgIpc) is 2.68. The molecule has 0 saturated carbocycles. The normalized spacial score (nSPS) is 12.7. The van der Waals surface area contributed by atoms with Gasteiger partial charge in [0.2, 0.25) is 0 Å². The fraction of sp³-hybridized carbons (Fsp3) is 0.231. The highest BCUT2D eigenvalue weighted by Gasteiger charge is 2.10. The van der Waals surface area contributed by atoms with Crippen molar-refractivity contribution in [3.63, 3.8) is 0 Å². The Morgan fingerprint density at radius 1 is 1.25 bits per heavy atom. The number of halogens is 1. The molecular formula is C13H14FNS. The van der Waals surface area contributed by atoms with Gasteiger partial charge in [0.1, 0.15) is 5.82 Å². The van der Waals surface area contributed by atoms with E-state index >= 15 is 0 Å². The van der Waals surface area contributed by atoms with E-state index in [2.05, 4.69) is 18.4 Å². The first-order valence-electron chi connectivity index (χ1n) is 5.21. The van der Waals surface area contributed by atoms with Crippen LogP contribution in [0.2, 0.25) is 0 Å². The van der Waals surface area contributed by atoms with Crippen molar-refractivity contribution in [3.8, 4) is 0 Å². The highest BCUT2D eigenvalue weighted by Crippen LogP contribution is 2.24. The van der Waals surface area contributed by atoms with Gasteiger partial charge in [0.05, 0.1) is 0 Å². The zero-order chi connectivity index (χ0) is 11.5. The molecule has 3 heteroatoms. The van der Waals surface area contributed by atoms with Gasteiger partial charge < -0.3 is 5.73 Å². The zero-order valence-corrected chi connectivity index (χ0v) is 9.93. The predicted octanol–water partition coefficient (Wildman–Crippen LogP) is 3.44. The molecule has 0 fully saturated rings. The second kappa shape index (κ2) is 4.76. The summed E-state index contributed by atoms with van der Waals surface area (Å²) in [5.41, 5.74) is 8.43. The van der Waals surface area contributed by atoms with E-state index in [1.165, 1.54) is 22.6 Å². The summed E-state index contributed by atoms with van der Waals surface area (Å²) in [5, 5.41) is 2.05. The molecule has 1 nitrogen and oxygen atoms in total. The summed E-state index contributed by atoms with van der Waals surface area (Å²) in [6.45, 7) is 2.07. The van der Waals surface area contributed by atoms with Crippen LogP contribution in [0.4, 0.5) is 4.39 Å². The number of rotatable bonds is 3. The molecule has 84 valence electrons. The second-order valence-corrected chi connectivity index (χ2v) is 4.85. The maximum Gasteiger partial charge on any atom is 0.123 e. The molecule has 0 aliphatic carbocycles. The highest BCUT2D eigenvalue weighted by molar-refractivity contribution is 7.10. The van der Waals surface area contributed by atoms with Gasteiger partial charge in [-0.2, -0.15) is 0 Å². The maximum absolute atomic E-state index is 12.7. The Kier molecular flexibility index (Phi) is 3.36. The number of hydrogen-bond donors (Lipinski definition) is 1. The molecule has 0 amide bonds. The van der Waals surface area contributed by atoms with Crippen LogP contribution in [0.25, 0.3) is 0 Å². The fourth-order valence-electron chi connectivity index (χ4n) is 1.73. The molecule has 0 spiro atoms. The molecule has 0 aliphatic rings. The minimum absolute atomic E-state index is 0.00506. The number of benzene rings is 1. The Morgan fingerprint density at radius 3 is 2.50 bits per heavy atom. The minimum atomic E-state index is -0.204. The van der Waals surface area contributed by atoms with Crippen LogP contribution in [0, 0.1) is 12.7 Å². The van der Waals surface area contributed by atoms with Crippen LogP contribution >= 0.6 is 11.3 Å².